The van der Waals surface area contributed by atoms with Crippen molar-refractivity contribution in [2.24, 2.45) is 0 Å². The van der Waals surface area contributed by atoms with Crippen molar-refractivity contribution < 1.29 is 14.3 Å². The minimum Gasteiger partial charge on any atom is -0.372 e. The molecule has 3 aromatic rings. The van der Waals surface area contributed by atoms with Crippen molar-refractivity contribution in [3.8, 4) is 0 Å². The number of hydrogen-bond acceptors (Lipinski definition) is 4. The van der Waals surface area contributed by atoms with Crippen LogP contribution in [0.4, 0.5) is 5.69 Å². The standard InChI is InChI=1S/C22H24N4O3/c1-15-11-25(12-16(2)29-15)21(27)14-26-13-18(10-23-26)24-22(28)20-9-5-7-17-6-3-4-8-19(17)20/h3-10,13,15-16H,11-12,14H2,1-2H3,(H,24,28). The summed E-state index contributed by atoms with van der Waals surface area (Å²) < 4.78 is 7.22. The third-order valence-electron chi connectivity index (χ3n) is 4.99. The highest BCUT2D eigenvalue weighted by Gasteiger charge is 2.26. The van der Waals surface area contributed by atoms with Gasteiger partial charge in [-0.15, -0.1) is 0 Å². The molecule has 0 bridgehead atoms. The maximum Gasteiger partial charge on any atom is 0.256 e. The molecule has 0 radical (unpaired) electrons. The number of benzene rings is 2. The monoisotopic (exact) mass is 392 g/mol. The topological polar surface area (TPSA) is 76.5 Å². The summed E-state index contributed by atoms with van der Waals surface area (Å²) >= 11 is 0. The Balaban J connectivity index is 1.42. The summed E-state index contributed by atoms with van der Waals surface area (Å²) in [7, 11) is 0. The first-order valence-electron chi connectivity index (χ1n) is 9.74. The lowest BCUT2D eigenvalue weighted by molar-refractivity contribution is -0.144. The third-order valence-corrected chi connectivity index (χ3v) is 4.99. The molecule has 7 nitrogen and oxygen atoms in total. The van der Waals surface area contributed by atoms with E-state index in [1.54, 1.807) is 28.0 Å². The van der Waals surface area contributed by atoms with E-state index in [4.69, 9.17) is 4.74 Å². The van der Waals surface area contributed by atoms with E-state index in [0.29, 0.717) is 24.3 Å². The van der Waals surface area contributed by atoms with Crippen LogP contribution in [0, 0.1) is 0 Å². The summed E-state index contributed by atoms with van der Waals surface area (Å²) in [5, 5.41) is 9.00. The molecule has 7 heteroatoms. The first-order chi connectivity index (χ1) is 14.0. The van der Waals surface area contributed by atoms with Gasteiger partial charge < -0.3 is 15.0 Å². The van der Waals surface area contributed by atoms with Crippen molar-refractivity contribution in [3.63, 3.8) is 0 Å². The molecule has 2 atom stereocenters. The molecule has 0 saturated carbocycles. The summed E-state index contributed by atoms with van der Waals surface area (Å²) in [4.78, 5) is 27.1. The average molecular weight is 392 g/mol. The third kappa shape index (κ3) is 4.30. The van der Waals surface area contributed by atoms with Crippen molar-refractivity contribution >= 4 is 28.3 Å². The van der Waals surface area contributed by atoms with E-state index in [1.807, 2.05) is 50.2 Å². The quantitative estimate of drug-likeness (QED) is 0.741. The number of aromatic nitrogens is 2. The smallest absolute Gasteiger partial charge is 0.256 e. The molecule has 1 saturated heterocycles. The van der Waals surface area contributed by atoms with Crippen LogP contribution < -0.4 is 5.32 Å². The molecule has 1 aliphatic rings. The van der Waals surface area contributed by atoms with Crippen LogP contribution in [0.15, 0.2) is 54.9 Å². The minimum absolute atomic E-state index is 0.0120. The normalized spacial score (nSPS) is 19.3. The molecule has 2 aromatic carbocycles. The van der Waals surface area contributed by atoms with E-state index in [1.165, 1.54) is 0 Å². The van der Waals surface area contributed by atoms with E-state index in [0.717, 1.165) is 10.8 Å². The first kappa shape index (κ1) is 19.1. The lowest BCUT2D eigenvalue weighted by Gasteiger charge is -2.35. The van der Waals surface area contributed by atoms with Crippen molar-refractivity contribution in [1.82, 2.24) is 14.7 Å². The molecular formula is C22H24N4O3. The van der Waals surface area contributed by atoms with E-state index in [2.05, 4.69) is 10.4 Å². The fourth-order valence-corrected chi connectivity index (χ4v) is 3.76. The number of nitrogens with zero attached hydrogens (tertiary/aromatic N) is 3. The Morgan fingerprint density at radius 1 is 1.10 bits per heavy atom. The number of nitrogens with one attached hydrogen (secondary N) is 1. The summed E-state index contributed by atoms with van der Waals surface area (Å²) in [6, 6.07) is 13.4. The number of anilines is 1. The average Bonchev–Trinajstić information content (AvgIpc) is 3.13. The molecule has 4 rings (SSSR count). The van der Waals surface area contributed by atoms with Crippen molar-refractivity contribution in [2.75, 3.05) is 18.4 Å². The summed E-state index contributed by atoms with van der Waals surface area (Å²) in [5.74, 6) is -0.217. The predicted molar refractivity (Wildman–Crippen MR) is 111 cm³/mol. The van der Waals surface area contributed by atoms with Gasteiger partial charge in [0, 0.05) is 24.8 Å². The molecule has 1 aromatic heterocycles. The highest BCUT2D eigenvalue weighted by Crippen LogP contribution is 2.20. The first-order valence-corrected chi connectivity index (χ1v) is 9.74. The zero-order valence-corrected chi connectivity index (χ0v) is 16.5. The van der Waals surface area contributed by atoms with E-state index >= 15 is 0 Å². The molecule has 0 aliphatic carbocycles. The van der Waals surface area contributed by atoms with Crippen molar-refractivity contribution in [1.29, 1.82) is 0 Å². The largest absolute Gasteiger partial charge is 0.372 e. The SMILES string of the molecule is CC1CN(C(=O)Cn2cc(NC(=O)c3cccc4ccccc34)cn2)CC(C)O1. The number of carbonyl (C=O) groups is 2. The molecule has 2 unspecified atom stereocenters. The molecule has 150 valence electrons. The van der Waals surface area contributed by atoms with Crippen molar-refractivity contribution in [2.45, 2.75) is 32.6 Å². The van der Waals surface area contributed by atoms with Gasteiger partial charge >= 0.3 is 0 Å². The fourth-order valence-electron chi connectivity index (χ4n) is 3.76. The predicted octanol–water partition coefficient (Wildman–Crippen LogP) is 2.92. The van der Waals surface area contributed by atoms with E-state index in [-0.39, 0.29) is 30.6 Å². The lowest BCUT2D eigenvalue weighted by Crippen LogP contribution is -2.49. The Hall–Kier alpha value is -3.19. The zero-order chi connectivity index (χ0) is 20.4. The van der Waals surface area contributed by atoms with Gasteiger partial charge in [0.15, 0.2) is 0 Å². The van der Waals surface area contributed by atoms with Gasteiger partial charge in [0.1, 0.15) is 6.54 Å². The number of morpholine rings is 1. The second-order valence-electron chi connectivity index (χ2n) is 7.46. The van der Waals surface area contributed by atoms with Gasteiger partial charge in [0.05, 0.1) is 24.1 Å². The maximum absolute atomic E-state index is 12.7. The molecule has 2 amide bonds. The van der Waals surface area contributed by atoms with Crippen LogP contribution in [0.1, 0.15) is 24.2 Å². The summed E-state index contributed by atoms with van der Waals surface area (Å²) in [5.41, 5.74) is 1.16. The van der Waals surface area contributed by atoms with E-state index < -0.39 is 0 Å². The number of hydrogen-bond donors (Lipinski definition) is 1. The van der Waals surface area contributed by atoms with Crippen LogP contribution >= 0.6 is 0 Å². The minimum atomic E-state index is -0.205. The second kappa shape index (κ2) is 8.05. The highest BCUT2D eigenvalue weighted by molar-refractivity contribution is 6.12. The van der Waals surface area contributed by atoms with Gasteiger partial charge in [0.2, 0.25) is 5.91 Å². The van der Waals surface area contributed by atoms with Gasteiger partial charge in [-0.1, -0.05) is 36.4 Å². The molecule has 1 N–H and O–H groups in total. The fraction of sp³-hybridized carbons (Fsp3) is 0.318. The Kier molecular flexibility index (Phi) is 5.31. The molecule has 2 heterocycles. The van der Waals surface area contributed by atoms with Gasteiger partial charge in [-0.25, -0.2) is 0 Å². The second-order valence-corrected chi connectivity index (χ2v) is 7.46. The highest BCUT2D eigenvalue weighted by atomic mass is 16.5. The van der Waals surface area contributed by atoms with Gasteiger partial charge in [0.25, 0.3) is 5.91 Å². The zero-order valence-electron chi connectivity index (χ0n) is 16.5. The number of fused-ring (bicyclic) bond motifs is 1. The summed E-state index contributed by atoms with van der Waals surface area (Å²) in [6.45, 7) is 5.21. The summed E-state index contributed by atoms with van der Waals surface area (Å²) in [6.07, 6.45) is 3.28. The molecule has 29 heavy (non-hydrogen) atoms. The molecular weight excluding hydrogens is 368 g/mol. The molecule has 0 spiro atoms. The van der Waals surface area contributed by atoms with Gasteiger partial charge in [-0.3, -0.25) is 14.3 Å². The Morgan fingerprint density at radius 2 is 1.83 bits per heavy atom. The Labute approximate surface area is 169 Å². The van der Waals surface area contributed by atoms with Crippen LogP contribution in [0.5, 0.6) is 0 Å². The number of amides is 2. The van der Waals surface area contributed by atoms with Crippen LogP contribution in [0.2, 0.25) is 0 Å². The van der Waals surface area contributed by atoms with Crippen LogP contribution in [-0.4, -0.2) is 51.8 Å². The van der Waals surface area contributed by atoms with Crippen LogP contribution in [0.25, 0.3) is 10.8 Å². The molecule has 1 aliphatic heterocycles. The number of carbonyl (C=O) groups excluding carboxylic acids is 2. The van der Waals surface area contributed by atoms with Gasteiger partial charge in [-0.05, 0) is 30.7 Å². The lowest BCUT2D eigenvalue weighted by atomic mass is 10.0. The van der Waals surface area contributed by atoms with Crippen LogP contribution in [0.3, 0.4) is 0 Å². The molecule has 1 fully saturated rings. The Bertz CT molecular complexity index is 1030. The number of ether oxygens (including phenoxy) is 1. The van der Waals surface area contributed by atoms with Crippen molar-refractivity contribution in [3.05, 3.63) is 60.4 Å². The van der Waals surface area contributed by atoms with E-state index in [9.17, 15) is 9.59 Å². The van der Waals surface area contributed by atoms with Crippen LogP contribution in [-0.2, 0) is 16.1 Å². The Morgan fingerprint density at radius 3 is 2.62 bits per heavy atom. The maximum atomic E-state index is 12.7. The van der Waals surface area contributed by atoms with Gasteiger partial charge in [-0.2, -0.15) is 5.10 Å². The number of rotatable bonds is 4.